The van der Waals surface area contributed by atoms with Crippen LogP contribution in [-0.4, -0.2) is 0 Å². The van der Waals surface area contributed by atoms with Crippen molar-refractivity contribution in [3.05, 3.63) is 64.8 Å². The zero-order chi connectivity index (χ0) is 18.3. The third-order valence-electron chi connectivity index (χ3n) is 4.79. The van der Waals surface area contributed by atoms with Crippen LogP contribution in [0, 0.1) is 26.7 Å². The molecule has 124 valence electrons. The Morgan fingerprint density at radius 2 is 1.79 bits per heavy atom. The van der Waals surface area contributed by atoms with Gasteiger partial charge in [0, 0.05) is 18.5 Å². The van der Waals surface area contributed by atoms with Crippen LogP contribution in [0.5, 0.6) is 0 Å². The van der Waals surface area contributed by atoms with Gasteiger partial charge in [-0.2, -0.15) is 4.57 Å². The minimum atomic E-state index is 0.617. The van der Waals surface area contributed by atoms with Crippen LogP contribution < -0.4 is 4.57 Å². The van der Waals surface area contributed by atoms with Gasteiger partial charge in [0.15, 0.2) is 5.69 Å². The third-order valence-corrected chi connectivity index (χ3v) is 4.79. The van der Waals surface area contributed by atoms with E-state index in [2.05, 4.69) is 75.7 Å². The van der Waals surface area contributed by atoms with Gasteiger partial charge in [0.25, 0.3) is 0 Å². The van der Waals surface area contributed by atoms with Crippen molar-refractivity contribution in [2.75, 3.05) is 0 Å². The Morgan fingerprint density at radius 1 is 1.04 bits per heavy atom. The van der Waals surface area contributed by atoms with E-state index in [1.165, 1.54) is 33.3 Å². The van der Waals surface area contributed by atoms with E-state index in [1.54, 1.807) is 0 Å². The van der Waals surface area contributed by atoms with Crippen molar-refractivity contribution in [2.24, 2.45) is 13.0 Å². The fourth-order valence-electron chi connectivity index (χ4n) is 3.44. The molecule has 0 atom stereocenters. The summed E-state index contributed by atoms with van der Waals surface area (Å²) in [6, 6.07) is 13.9. The zero-order valence-electron chi connectivity index (χ0n) is 16.7. The van der Waals surface area contributed by atoms with Crippen LogP contribution in [0.3, 0.4) is 0 Å². The van der Waals surface area contributed by atoms with Crippen molar-refractivity contribution < 1.29 is 5.94 Å². The van der Waals surface area contributed by atoms with Crippen molar-refractivity contribution in [1.82, 2.24) is 0 Å². The molecule has 0 bridgehead atoms. The Hall–Kier alpha value is -2.15. The second-order valence-corrected chi connectivity index (χ2v) is 7.41. The molecule has 1 nitrogen and oxygen atoms in total. The summed E-state index contributed by atoms with van der Waals surface area (Å²) in [6.07, 6.45) is 1.05. The van der Waals surface area contributed by atoms with E-state index in [0.717, 1.165) is 17.5 Å². The average molecular weight is 319 g/mol. The first-order valence-corrected chi connectivity index (χ1v) is 8.79. The monoisotopic (exact) mass is 319 g/mol. The summed E-state index contributed by atoms with van der Waals surface area (Å²) in [5.41, 5.74) is 7.32. The topological polar surface area (TPSA) is 3.88 Å². The predicted octanol–water partition coefficient (Wildman–Crippen LogP) is 5.46. The molecule has 0 amide bonds. The molecule has 0 aliphatic heterocycles. The normalized spacial score (nSPS) is 12.0. The highest BCUT2D eigenvalue weighted by atomic mass is 14.9. The van der Waals surface area contributed by atoms with Gasteiger partial charge in [-0.25, -0.2) is 0 Å². The van der Waals surface area contributed by atoms with Crippen LogP contribution >= 0.6 is 0 Å². The Bertz CT molecular complexity index is 954. The van der Waals surface area contributed by atoms with Gasteiger partial charge < -0.3 is 0 Å². The van der Waals surface area contributed by atoms with Gasteiger partial charge in [-0.1, -0.05) is 43.7 Å². The van der Waals surface area contributed by atoms with Crippen molar-refractivity contribution in [3.63, 3.8) is 0 Å². The molecule has 0 saturated heterocycles. The lowest BCUT2D eigenvalue weighted by Gasteiger charge is -2.12. The average Bonchev–Trinajstić information content (AvgIpc) is 2.56. The van der Waals surface area contributed by atoms with E-state index >= 15 is 0 Å². The first kappa shape index (κ1) is 15.4. The van der Waals surface area contributed by atoms with Crippen molar-refractivity contribution in [1.29, 1.82) is 0 Å². The van der Waals surface area contributed by atoms with Gasteiger partial charge >= 0.3 is 0 Å². The summed E-state index contributed by atoms with van der Waals surface area (Å²) in [4.78, 5) is 0. The van der Waals surface area contributed by atoms with E-state index in [-0.39, 0.29) is 0 Å². The summed E-state index contributed by atoms with van der Waals surface area (Å²) in [5, 5.41) is 2.23. The number of hydrogen-bond donors (Lipinski definition) is 0. The minimum Gasteiger partial charge on any atom is -0.198 e. The molecule has 24 heavy (non-hydrogen) atoms. The quantitative estimate of drug-likeness (QED) is 0.565. The number of aromatic nitrogens is 1. The van der Waals surface area contributed by atoms with Crippen LogP contribution in [0.25, 0.3) is 22.0 Å². The molecule has 0 spiro atoms. The molecule has 0 N–H and O–H groups in total. The minimum absolute atomic E-state index is 0.617. The van der Waals surface area contributed by atoms with E-state index < -0.39 is 0 Å². The number of hydrogen-bond acceptors (Lipinski definition) is 0. The lowest BCUT2D eigenvalue weighted by molar-refractivity contribution is -0.665. The van der Waals surface area contributed by atoms with Crippen LogP contribution in [0.15, 0.2) is 42.4 Å². The maximum Gasteiger partial charge on any atom is 0.220 e. The van der Waals surface area contributed by atoms with Crippen LogP contribution in [-0.2, 0) is 13.5 Å². The molecule has 1 heterocycles. The Kier molecular flexibility index (Phi) is 4.10. The number of nitrogens with zero attached hydrogens (tertiary/aromatic N) is 1. The van der Waals surface area contributed by atoms with Gasteiger partial charge in [-0.3, -0.25) is 0 Å². The predicted molar refractivity (Wildman–Crippen MR) is 103 cm³/mol. The Morgan fingerprint density at radius 3 is 2.50 bits per heavy atom. The third kappa shape index (κ3) is 3.08. The van der Waals surface area contributed by atoms with E-state index in [1.807, 2.05) is 6.92 Å². The lowest BCUT2D eigenvalue weighted by atomic mass is 9.94. The van der Waals surface area contributed by atoms with Crippen molar-refractivity contribution in [2.45, 2.75) is 41.0 Å². The first-order chi connectivity index (χ1) is 11.8. The summed E-state index contributed by atoms with van der Waals surface area (Å²) >= 11 is 0. The smallest absolute Gasteiger partial charge is 0.198 e. The standard InChI is InChI=1S/C23H28N/c1-15(2)11-19-9-10-21-20(14-19)13-18(5)24(6)23(21)22-12-16(3)7-8-17(22)4/h7-10,12-15H,11H2,1-6H3/q+1/i13D. The van der Waals surface area contributed by atoms with E-state index in [4.69, 9.17) is 1.37 Å². The van der Waals surface area contributed by atoms with E-state index in [9.17, 15) is 0 Å². The summed E-state index contributed by atoms with van der Waals surface area (Å²) in [7, 11) is 2.08. The molecule has 0 fully saturated rings. The second-order valence-electron chi connectivity index (χ2n) is 7.41. The van der Waals surface area contributed by atoms with Crippen LogP contribution in [0.4, 0.5) is 0 Å². The van der Waals surface area contributed by atoms with Crippen LogP contribution in [0.1, 0.15) is 37.6 Å². The number of rotatable bonds is 3. The van der Waals surface area contributed by atoms with E-state index in [0.29, 0.717) is 12.0 Å². The highest BCUT2D eigenvalue weighted by Gasteiger charge is 2.20. The van der Waals surface area contributed by atoms with Crippen molar-refractivity contribution in [3.8, 4) is 11.3 Å². The molecule has 1 aromatic heterocycles. The molecule has 3 rings (SSSR count). The highest BCUT2D eigenvalue weighted by molar-refractivity contribution is 5.94. The van der Waals surface area contributed by atoms with Crippen molar-refractivity contribution >= 4 is 10.8 Å². The molecule has 2 aromatic carbocycles. The molecular weight excluding hydrogens is 290 g/mol. The van der Waals surface area contributed by atoms with Gasteiger partial charge in [0.2, 0.25) is 5.69 Å². The highest BCUT2D eigenvalue weighted by Crippen LogP contribution is 2.30. The Balaban J connectivity index is 2.37. The Labute approximate surface area is 147 Å². The number of benzene rings is 2. The molecule has 0 aliphatic carbocycles. The maximum absolute atomic E-state index is 8.64. The molecular formula is C23H28N+. The second kappa shape index (κ2) is 6.39. The lowest BCUT2D eigenvalue weighted by Crippen LogP contribution is -2.35. The molecule has 1 heteroatoms. The fraction of sp³-hybridized carbons (Fsp3) is 0.348. The number of pyridine rings is 1. The SMILES string of the molecule is [2H]c1c(C)[n+](C)c(-c2cc(C)ccc2C)c2ccc(CC(C)C)cc12. The number of fused-ring (bicyclic) bond motifs is 1. The van der Waals surface area contributed by atoms with Gasteiger partial charge in [-0.05, 0) is 54.8 Å². The summed E-state index contributed by atoms with van der Waals surface area (Å²) in [6.45, 7) is 10.8. The molecule has 0 saturated carbocycles. The fourth-order valence-corrected chi connectivity index (χ4v) is 3.44. The number of aryl methyl sites for hydroxylation is 2. The summed E-state index contributed by atoms with van der Waals surface area (Å²) < 4.78 is 10.8. The first-order valence-electron chi connectivity index (χ1n) is 9.29. The van der Waals surface area contributed by atoms with Gasteiger partial charge in [0.1, 0.15) is 7.05 Å². The summed E-state index contributed by atoms with van der Waals surface area (Å²) in [5.74, 6) is 0.617. The molecule has 3 aromatic rings. The van der Waals surface area contributed by atoms with Crippen LogP contribution in [0.2, 0.25) is 0 Å². The zero-order valence-corrected chi connectivity index (χ0v) is 15.7. The van der Waals surface area contributed by atoms with Gasteiger partial charge in [0.05, 0.1) is 6.76 Å². The molecule has 0 radical (unpaired) electrons. The maximum atomic E-state index is 8.64. The largest absolute Gasteiger partial charge is 0.220 e. The molecule has 0 unspecified atom stereocenters. The van der Waals surface area contributed by atoms with Gasteiger partial charge in [-0.15, -0.1) is 0 Å². The molecule has 0 aliphatic rings.